The Morgan fingerprint density at radius 3 is 2.83 bits per heavy atom. The fourth-order valence-corrected chi connectivity index (χ4v) is 1.96. The minimum Gasteiger partial charge on any atom is -0.320 e. The number of carbonyl (C=O) groups is 1. The zero-order valence-corrected chi connectivity index (χ0v) is 9.11. The number of carbonyl (C=O) groups excluding carboxylic acids is 1. The van der Waals surface area contributed by atoms with Crippen LogP contribution in [0, 0.1) is 5.82 Å². The third kappa shape index (κ3) is 1.48. The number of hydrogen-bond acceptors (Lipinski definition) is 3. The quantitative estimate of drug-likeness (QED) is 0.524. The minimum absolute atomic E-state index is 0.244. The zero-order valence-electron chi connectivity index (χ0n) is 9.11. The van der Waals surface area contributed by atoms with Crippen molar-refractivity contribution in [2.75, 3.05) is 0 Å². The van der Waals surface area contributed by atoms with Gasteiger partial charge in [-0.2, -0.15) is 0 Å². The SMILES string of the molecule is O=Cc1cnc2c(c1)[nH]c(=O)c1cc(F)ccc12. The molecular formula is C13H7FN2O2. The monoisotopic (exact) mass is 242 g/mol. The molecule has 0 aliphatic carbocycles. The zero-order chi connectivity index (χ0) is 12.7. The third-order valence-corrected chi connectivity index (χ3v) is 2.77. The fraction of sp³-hybridized carbons (Fsp3) is 0. The van der Waals surface area contributed by atoms with Gasteiger partial charge in [0, 0.05) is 17.1 Å². The van der Waals surface area contributed by atoms with Gasteiger partial charge >= 0.3 is 0 Å². The van der Waals surface area contributed by atoms with Crippen LogP contribution in [-0.2, 0) is 0 Å². The van der Waals surface area contributed by atoms with Crippen LogP contribution >= 0.6 is 0 Å². The lowest BCUT2D eigenvalue weighted by Gasteiger charge is -2.03. The highest BCUT2D eigenvalue weighted by Gasteiger charge is 2.07. The first-order chi connectivity index (χ1) is 8.69. The number of benzene rings is 1. The molecule has 88 valence electrons. The molecule has 0 aliphatic rings. The van der Waals surface area contributed by atoms with E-state index in [-0.39, 0.29) is 5.39 Å². The van der Waals surface area contributed by atoms with E-state index in [0.717, 1.165) is 0 Å². The summed E-state index contributed by atoms with van der Waals surface area (Å²) >= 11 is 0. The van der Waals surface area contributed by atoms with E-state index in [4.69, 9.17) is 0 Å². The van der Waals surface area contributed by atoms with E-state index in [0.29, 0.717) is 28.3 Å². The van der Waals surface area contributed by atoms with Gasteiger partial charge in [-0.25, -0.2) is 4.39 Å². The molecule has 0 radical (unpaired) electrons. The van der Waals surface area contributed by atoms with Gasteiger partial charge in [0.05, 0.1) is 16.4 Å². The average Bonchev–Trinajstić information content (AvgIpc) is 2.38. The number of nitrogens with zero attached hydrogens (tertiary/aromatic N) is 1. The van der Waals surface area contributed by atoms with Crippen LogP contribution in [0.4, 0.5) is 4.39 Å². The Balaban J connectivity index is 2.54. The second-order valence-corrected chi connectivity index (χ2v) is 3.93. The van der Waals surface area contributed by atoms with Crippen LogP contribution in [0.1, 0.15) is 10.4 Å². The number of H-pyrrole nitrogens is 1. The topological polar surface area (TPSA) is 62.8 Å². The van der Waals surface area contributed by atoms with E-state index in [1.165, 1.54) is 24.4 Å². The van der Waals surface area contributed by atoms with Crippen molar-refractivity contribution in [3.05, 3.63) is 52.2 Å². The highest BCUT2D eigenvalue weighted by molar-refractivity contribution is 6.03. The number of halogens is 1. The van der Waals surface area contributed by atoms with Gasteiger partial charge in [0.2, 0.25) is 0 Å². The molecule has 0 aliphatic heterocycles. The molecule has 2 heterocycles. The third-order valence-electron chi connectivity index (χ3n) is 2.77. The molecular weight excluding hydrogens is 235 g/mol. The Morgan fingerprint density at radius 1 is 1.22 bits per heavy atom. The number of aldehydes is 1. The molecule has 2 aromatic heterocycles. The molecule has 3 rings (SSSR count). The number of pyridine rings is 2. The highest BCUT2D eigenvalue weighted by Crippen LogP contribution is 2.20. The van der Waals surface area contributed by atoms with E-state index < -0.39 is 11.4 Å². The summed E-state index contributed by atoms with van der Waals surface area (Å²) in [5, 5.41) is 0.807. The maximum atomic E-state index is 13.1. The van der Waals surface area contributed by atoms with E-state index in [9.17, 15) is 14.0 Å². The summed E-state index contributed by atoms with van der Waals surface area (Å²) in [7, 11) is 0. The number of aromatic amines is 1. The first-order valence-corrected chi connectivity index (χ1v) is 5.25. The Morgan fingerprint density at radius 2 is 2.06 bits per heavy atom. The molecule has 18 heavy (non-hydrogen) atoms. The van der Waals surface area contributed by atoms with Crippen molar-refractivity contribution in [2.24, 2.45) is 0 Å². The molecule has 0 saturated heterocycles. The van der Waals surface area contributed by atoms with Crippen LogP contribution in [0.5, 0.6) is 0 Å². The highest BCUT2D eigenvalue weighted by atomic mass is 19.1. The predicted molar refractivity (Wildman–Crippen MR) is 65.2 cm³/mol. The molecule has 0 bridgehead atoms. The smallest absolute Gasteiger partial charge is 0.256 e. The van der Waals surface area contributed by atoms with E-state index in [1.807, 2.05) is 0 Å². The lowest BCUT2D eigenvalue weighted by molar-refractivity contribution is 0.112. The van der Waals surface area contributed by atoms with Gasteiger partial charge in [-0.15, -0.1) is 0 Å². The van der Waals surface area contributed by atoms with E-state index in [1.54, 1.807) is 6.07 Å². The average molecular weight is 242 g/mol. The van der Waals surface area contributed by atoms with Gasteiger partial charge in [-0.05, 0) is 24.3 Å². The summed E-state index contributed by atoms with van der Waals surface area (Å²) in [5.41, 5.74) is 0.973. The lowest BCUT2D eigenvalue weighted by atomic mass is 10.1. The van der Waals surface area contributed by atoms with Crippen molar-refractivity contribution in [3.8, 4) is 0 Å². The Labute approximate surface area is 100 Å². The van der Waals surface area contributed by atoms with Gasteiger partial charge in [0.15, 0.2) is 6.29 Å². The number of aromatic nitrogens is 2. The van der Waals surface area contributed by atoms with Crippen LogP contribution in [0.15, 0.2) is 35.3 Å². The van der Waals surface area contributed by atoms with Gasteiger partial charge in [0.25, 0.3) is 5.56 Å². The summed E-state index contributed by atoms with van der Waals surface area (Å²) in [6, 6.07) is 5.49. The number of rotatable bonds is 1. The molecule has 1 N–H and O–H groups in total. The van der Waals surface area contributed by atoms with Crippen LogP contribution in [0.3, 0.4) is 0 Å². The van der Waals surface area contributed by atoms with Gasteiger partial charge < -0.3 is 4.98 Å². The van der Waals surface area contributed by atoms with Crippen molar-refractivity contribution in [1.82, 2.24) is 9.97 Å². The second-order valence-electron chi connectivity index (χ2n) is 3.93. The predicted octanol–water partition coefficient (Wildman–Crippen LogP) is 2.03. The fourth-order valence-electron chi connectivity index (χ4n) is 1.96. The van der Waals surface area contributed by atoms with Crippen LogP contribution in [0.25, 0.3) is 21.8 Å². The van der Waals surface area contributed by atoms with Crippen molar-refractivity contribution >= 4 is 28.1 Å². The molecule has 5 heteroatoms. The molecule has 0 unspecified atom stereocenters. The molecule has 0 fully saturated rings. The van der Waals surface area contributed by atoms with Gasteiger partial charge in [0.1, 0.15) is 5.82 Å². The van der Waals surface area contributed by atoms with E-state index >= 15 is 0 Å². The molecule has 0 saturated carbocycles. The maximum absolute atomic E-state index is 13.1. The summed E-state index contributed by atoms with van der Waals surface area (Å²) in [6.45, 7) is 0. The Hall–Kier alpha value is -2.56. The molecule has 0 spiro atoms. The largest absolute Gasteiger partial charge is 0.320 e. The first-order valence-electron chi connectivity index (χ1n) is 5.25. The molecule has 0 amide bonds. The second kappa shape index (κ2) is 3.73. The van der Waals surface area contributed by atoms with E-state index in [2.05, 4.69) is 9.97 Å². The Kier molecular flexibility index (Phi) is 2.19. The van der Waals surface area contributed by atoms with Crippen molar-refractivity contribution in [1.29, 1.82) is 0 Å². The normalized spacial score (nSPS) is 10.9. The summed E-state index contributed by atoms with van der Waals surface area (Å²) in [6.07, 6.45) is 2.07. The maximum Gasteiger partial charge on any atom is 0.256 e. The molecule has 4 nitrogen and oxygen atoms in total. The van der Waals surface area contributed by atoms with Gasteiger partial charge in [-0.1, -0.05) is 0 Å². The summed E-state index contributed by atoms with van der Waals surface area (Å²) in [4.78, 5) is 29.2. The lowest BCUT2D eigenvalue weighted by Crippen LogP contribution is -2.07. The van der Waals surface area contributed by atoms with Crippen LogP contribution in [-0.4, -0.2) is 16.3 Å². The molecule has 1 aromatic carbocycles. The van der Waals surface area contributed by atoms with Crippen molar-refractivity contribution in [3.63, 3.8) is 0 Å². The molecule has 0 atom stereocenters. The minimum atomic E-state index is -0.475. The van der Waals surface area contributed by atoms with Gasteiger partial charge in [-0.3, -0.25) is 14.6 Å². The summed E-state index contributed by atoms with van der Waals surface area (Å²) in [5.74, 6) is -0.475. The van der Waals surface area contributed by atoms with Crippen LogP contribution < -0.4 is 5.56 Å². The molecule has 3 aromatic rings. The van der Waals surface area contributed by atoms with Crippen LogP contribution in [0.2, 0.25) is 0 Å². The number of hydrogen-bond donors (Lipinski definition) is 1. The standard InChI is InChI=1S/C13H7FN2O2/c14-8-1-2-9-10(4-8)13(18)16-11-3-7(6-17)5-15-12(9)11/h1-6H,(H,16,18). The summed E-state index contributed by atoms with van der Waals surface area (Å²) < 4.78 is 13.1. The number of fused-ring (bicyclic) bond motifs is 3. The number of nitrogens with one attached hydrogen (secondary N) is 1. The Bertz CT molecular complexity index is 839. The van der Waals surface area contributed by atoms with Crippen molar-refractivity contribution in [2.45, 2.75) is 0 Å². The van der Waals surface area contributed by atoms with Crippen molar-refractivity contribution < 1.29 is 9.18 Å². The first kappa shape index (κ1) is 10.6.